The molecule has 2 aromatic carbocycles. The maximum Gasteiger partial charge on any atom is 0.341 e. The van der Waals surface area contributed by atoms with Crippen LogP contribution in [0.3, 0.4) is 0 Å². The Hall–Kier alpha value is -3.02. The van der Waals surface area contributed by atoms with Crippen LogP contribution in [0.2, 0.25) is 0 Å². The number of carbonyl (C=O) groups excluding carboxylic acids is 1. The number of para-hydroxylation sites is 1. The molecule has 138 valence electrons. The zero-order chi connectivity index (χ0) is 18.9. The molecule has 26 heavy (non-hydrogen) atoms. The molecule has 0 aliphatic rings. The Morgan fingerprint density at radius 1 is 1.12 bits per heavy atom. The quantitative estimate of drug-likeness (QED) is 0.719. The minimum absolute atomic E-state index is 0.0772. The van der Waals surface area contributed by atoms with Crippen molar-refractivity contribution in [3.63, 3.8) is 0 Å². The van der Waals surface area contributed by atoms with Crippen molar-refractivity contribution in [2.75, 3.05) is 19.0 Å². The van der Waals surface area contributed by atoms with Gasteiger partial charge in [-0.1, -0.05) is 25.1 Å². The van der Waals surface area contributed by atoms with Crippen molar-refractivity contribution in [1.82, 2.24) is 0 Å². The van der Waals surface area contributed by atoms with Crippen LogP contribution in [0.25, 0.3) is 0 Å². The molecule has 0 fully saturated rings. The molecular formula is C20H23NO5. The Balaban J connectivity index is 1.84. The Labute approximate surface area is 152 Å². The van der Waals surface area contributed by atoms with E-state index in [0.717, 1.165) is 17.7 Å². The molecule has 0 saturated carbocycles. The summed E-state index contributed by atoms with van der Waals surface area (Å²) in [6.45, 7) is 1.63. The minimum Gasteiger partial charge on any atom is -0.496 e. The molecule has 1 unspecified atom stereocenters. The van der Waals surface area contributed by atoms with E-state index in [4.69, 9.17) is 14.6 Å². The fraction of sp³-hybridized carbons (Fsp3) is 0.300. The molecule has 6 heteroatoms. The van der Waals surface area contributed by atoms with E-state index >= 15 is 0 Å². The standard InChI is InChI=1S/C20H23NO5/c1-14(11-15-5-3-4-6-18(15)25-2)12-19(22)21-16-7-9-17(10-8-16)26-13-20(23)24/h3-10,14H,11-13H2,1-2H3,(H,21,22)(H,23,24). The van der Waals surface area contributed by atoms with E-state index in [1.54, 1.807) is 31.4 Å². The average Bonchev–Trinajstić information content (AvgIpc) is 2.61. The van der Waals surface area contributed by atoms with Gasteiger partial charge in [-0.3, -0.25) is 4.79 Å². The minimum atomic E-state index is -1.04. The van der Waals surface area contributed by atoms with Crippen LogP contribution >= 0.6 is 0 Å². The SMILES string of the molecule is COc1ccccc1CC(C)CC(=O)Nc1ccc(OCC(=O)O)cc1. The highest BCUT2D eigenvalue weighted by molar-refractivity contribution is 5.90. The first-order chi connectivity index (χ1) is 12.5. The van der Waals surface area contributed by atoms with Crippen LogP contribution in [0.15, 0.2) is 48.5 Å². The lowest BCUT2D eigenvalue weighted by Crippen LogP contribution is -2.16. The van der Waals surface area contributed by atoms with Crippen molar-refractivity contribution < 1.29 is 24.2 Å². The Bertz CT molecular complexity index is 742. The summed E-state index contributed by atoms with van der Waals surface area (Å²) in [5.74, 6) is 0.314. The molecule has 0 spiro atoms. The number of rotatable bonds is 9. The lowest BCUT2D eigenvalue weighted by molar-refractivity contribution is -0.139. The first-order valence-corrected chi connectivity index (χ1v) is 8.34. The highest BCUT2D eigenvalue weighted by Crippen LogP contribution is 2.22. The Kier molecular flexibility index (Phi) is 7.02. The van der Waals surface area contributed by atoms with Crippen LogP contribution in [-0.2, 0) is 16.0 Å². The zero-order valence-corrected chi connectivity index (χ0v) is 14.9. The number of benzene rings is 2. The van der Waals surface area contributed by atoms with Gasteiger partial charge in [0, 0.05) is 12.1 Å². The van der Waals surface area contributed by atoms with Gasteiger partial charge in [-0.05, 0) is 48.2 Å². The van der Waals surface area contributed by atoms with E-state index < -0.39 is 12.6 Å². The monoisotopic (exact) mass is 357 g/mol. The maximum atomic E-state index is 12.2. The predicted octanol–water partition coefficient (Wildman–Crippen LogP) is 3.37. The maximum absolute atomic E-state index is 12.2. The first kappa shape index (κ1) is 19.3. The van der Waals surface area contributed by atoms with E-state index in [-0.39, 0.29) is 11.8 Å². The van der Waals surface area contributed by atoms with Crippen LogP contribution in [0.5, 0.6) is 11.5 Å². The molecule has 0 heterocycles. The molecule has 0 aliphatic heterocycles. The summed E-state index contributed by atoms with van der Waals surface area (Å²) in [5.41, 5.74) is 1.72. The van der Waals surface area contributed by atoms with Crippen LogP contribution < -0.4 is 14.8 Å². The normalized spacial score (nSPS) is 11.5. The first-order valence-electron chi connectivity index (χ1n) is 8.34. The van der Waals surface area contributed by atoms with E-state index in [0.29, 0.717) is 17.9 Å². The van der Waals surface area contributed by atoms with Gasteiger partial charge in [0.2, 0.25) is 5.91 Å². The predicted molar refractivity (Wildman–Crippen MR) is 98.7 cm³/mol. The van der Waals surface area contributed by atoms with Gasteiger partial charge in [-0.25, -0.2) is 4.79 Å². The third-order valence-corrected chi connectivity index (χ3v) is 3.80. The van der Waals surface area contributed by atoms with Crippen LogP contribution in [0.1, 0.15) is 18.9 Å². The summed E-state index contributed by atoms with van der Waals surface area (Å²) in [4.78, 5) is 22.7. The number of carboxylic acid groups (broad SMARTS) is 1. The molecule has 1 atom stereocenters. The van der Waals surface area contributed by atoms with Gasteiger partial charge >= 0.3 is 5.97 Å². The summed E-state index contributed by atoms with van der Waals surface area (Å²) in [7, 11) is 1.64. The van der Waals surface area contributed by atoms with E-state index in [2.05, 4.69) is 5.32 Å². The van der Waals surface area contributed by atoms with Crippen molar-refractivity contribution in [3.8, 4) is 11.5 Å². The number of anilines is 1. The molecule has 2 N–H and O–H groups in total. The van der Waals surface area contributed by atoms with Crippen LogP contribution in [0, 0.1) is 5.92 Å². The Morgan fingerprint density at radius 3 is 2.46 bits per heavy atom. The summed E-state index contributed by atoms with van der Waals surface area (Å²) >= 11 is 0. The molecule has 6 nitrogen and oxygen atoms in total. The van der Waals surface area contributed by atoms with Gasteiger partial charge in [-0.15, -0.1) is 0 Å². The molecule has 0 aromatic heterocycles. The van der Waals surface area contributed by atoms with E-state index in [1.807, 2.05) is 31.2 Å². The second kappa shape index (κ2) is 9.46. The molecule has 1 amide bonds. The number of nitrogens with one attached hydrogen (secondary N) is 1. The van der Waals surface area contributed by atoms with Gasteiger partial charge in [0.1, 0.15) is 11.5 Å². The molecule has 2 aromatic rings. The fourth-order valence-electron chi connectivity index (χ4n) is 2.63. The number of carbonyl (C=O) groups is 2. The second-order valence-corrected chi connectivity index (χ2v) is 6.08. The third kappa shape index (κ3) is 6.12. The molecule has 0 saturated heterocycles. The number of amides is 1. The highest BCUT2D eigenvalue weighted by atomic mass is 16.5. The van der Waals surface area contributed by atoms with Gasteiger partial charge in [-0.2, -0.15) is 0 Å². The van der Waals surface area contributed by atoms with Crippen molar-refractivity contribution in [2.45, 2.75) is 19.8 Å². The van der Waals surface area contributed by atoms with Crippen molar-refractivity contribution in [1.29, 1.82) is 0 Å². The number of carboxylic acids is 1. The molecule has 0 aliphatic carbocycles. The number of ether oxygens (including phenoxy) is 2. The highest BCUT2D eigenvalue weighted by Gasteiger charge is 2.12. The summed E-state index contributed by atoms with van der Waals surface area (Å²) in [6.07, 6.45) is 1.13. The molecular weight excluding hydrogens is 334 g/mol. The summed E-state index contributed by atoms with van der Waals surface area (Å²) in [6, 6.07) is 14.4. The number of methoxy groups -OCH3 is 1. The Morgan fingerprint density at radius 2 is 1.81 bits per heavy atom. The number of hydrogen-bond acceptors (Lipinski definition) is 4. The van der Waals surface area contributed by atoms with Gasteiger partial charge in [0.05, 0.1) is 7.11 Å². The van der Waals surface area contributed by atoms with Gasteiger partial charge in [0.15, 0.2) is 6.61 Å². The molecule has 2 rings (SSSR count). The molecule has 0 bridgehead atoms. The van der Waals surface area contributed by atoms with Gasteiger partial charge in [0.25, 0.3) is 0 Å². The van der Waals surface area contributed by atoms with Crippen LogP contribution in [-0.4, -0.2) is 30.7 Å². The van der Waals surface area contributed by atoms with E-state index in [9.17, 15) is 9.59 Å². The van der Waals surface area contributed by atoms with Crippen molar-refractivity contribution in [3.05, 3.63) is 54.1 Å². The number of aliphatic carboxylic acids is 1. The topological polar surface area (TPSA) is 84.9 Å². The van der Waals surface area contributed by atoms with Crippen molar-refractivity contribution >= 4 is 17.6 Å². The largest absolute Gasteiger partial charge is 0.496 e. The van der Waals surface area contributed by atoms with E-state index in [1.165, 1.54) is 0 Å². The molecule has 0 radical (unpaired) electrons. The second-order valence-electron chi connectivity index (χ2n) is 6.08. The average molecular weight is 357 g/mol. The lowest BCUT2D eigenvalue weighted by atomic mass is 9.97. The van der Waals surface area contributed by atoms with Gasteiger partial charge < -0.3 is 19.9 Å². The fourth-order valence-corrected chi connectivity index (χ4v) is 2.63. The summed E-state index contributed by atoms with van der Waals surface area (Å²) in [5, 5.41) is 11.4. The summed E-state index contributed by atoms with van der Waals surface area (Å²) < 4.78 is 10.4. The zero-order valence-electron chi connectivity index (χ0n) is 14.9. The van der Waals surface area contributed by atoms with Crippen molar-refractivity contribution in [2.24, 2.45) is 5.92 Å². The van der Waals surface area contributed by atoms with Crippen LogP contribution in [0.4, 0.5) is 5.69 Å². The number of hydrogen-bond donors (Lipinski definition) is 2. The smallest absolute Gasteiger partial charge is 0.341 e. The lowest BCUT2D eigenvalue weighted by Gasteiger charge is -2.14. The third-order valence-electron chi connectivity index (χ3n) is 3.80.